The molecule has 1 atom stereocenters. The fraction of sp³-hybridized carbons (Fsp3) is 0.636. The Morgan fingerprint density at radius 2 is 2.50 bits per heavy atom. The summed E-state index contributed by atoms with van der Waals surface area (Å²) in [5.74, 6) is 1.53. The van der Waals surface area contributed by atoms with Gasteiger partial charge in [0.15, 0.2) is 0 Å². The van der Waals surface area contributed by atoms with Crippen molar-refractivity contribution in [1.29, 1.82) is 0 Å². The smallest absolute Gasteiger partial charge is 0.224 e. The summed E-state index contributed by atoms with van der Waals surface area (Å²) in [6, 6.07) is 2.26. The molecule has 5 heteroatoms. The highest BCUT2D eigenvalue weighted by atomic mass is 16.5. The van der Waals surface area contributed by atoms with E-state index in [2.05, 4.69) is 20.6 Å². The third-order valence-electron chi connectivity index (χ3n) is 2.50. The van der Waals surface area contributed by atoms with Crippen molar-refractivity contribution in [2.24, 2.45) is 0 Å². The van der Waals surface area contributed by atoms with Gasteiger partial charge in [-0.2, -0.15) is 4.98 Å². The Hall–Kier alpha value is -1.36. The first-order valence-corrected chi connectivity index (χ1v) is 5.79. The molecule has 0 aromatic carbocycles. The number of hydrogen-bond acceptors (Lipinski definition) is 5. The number of ether oxygens (including phenoxy) is 1. The van der Waals surface area contributed by atoms with Gasteiger partial charge in [-0.3, -0.25) is 0 Å². The molecule has 0 amide bonds. The van der Waals surface area contributed by atoms with Gasteiger partial charge in [-0.05, 0) is 25.8 Å². The zero-order valence-electron chi connectivity index (χ0n) is 9.57. The maximum absolute atomic E-state index is 5.41. The quantitative estimate of drug-likeness (QED) is 0.808. The minimum atomic E-state index is 0.373. The SMILES string of the molecule is CCNc1nccc(NC2CCCOC2)n1. The number of nitrogens with zero attached hydrogens (tertiary/aromatic N) is 2. The molecule has 5 nitrogen and oxygen atoms in total. The van der Waals surface area contributed by atoms with Gasteiger partial charge in [0, 0.05) is 19.3 Å². The predicted octanol–water partition coefficient (Wildman–Crippen LogP) is 1.50. The zero-order valence-corrected chi connectivity index (χ0v) is 9.57. The van der Waals surface area contributed by atoms with E-state index >= 15 is 0 Å². The van der Waals surface area contributed by atoms with E-state index in [0.717, 1.165) is 38.4 Å². The van der Waals surface area contributed by atoms with Crippen molar-refractivity contribution in [2.45, 2.75) is 25.8 Å². The average molecular weight is 222 g/mol. The Morgan fingerprint density at radius 1 is 1.56 bits per heavy atom. The van der Waals surface area contributed by atoms with E-state index in [0.29, 0.717) is 12.0 Å². The molecule has 16 heavy (non-hydrogen) atoms. The molecule has 0 bridgehead atoms. The second-order valence-electron chi connectivity index (χ2n) is 3.85. The van der Waals surface area contributed by atoms with Crippen molar-refractivity contribution in [3.63, 3.8) is 0 Å². The Kier molecular flexibility index (Phi) is 3.93. The lowest BCUT2D eigenvalue weighted by molar-refractivity contribution is 0.0875. The summed E-state index contributed by atoms with van der Waals surface area (Å²) >= 11 is 0. The van der Waals surface area contributed by atoms with Crippen LogP contribution in [0.25, 0.3) is 0 Å². The first kappa shape index (κ1) is 11.1. The van der Waals surface area contributed by atoms with Crippen LogP contribution in [0, 0.1) is 0 Å². The molecule has 1 saturated heterocycles. The van der Waals surface area contributed by atoms with Gasteiger partial charge in [0.05, 0.1) is 12.6 Å². The summed E-state index contributed by atoms with van der Waals surface area (Å²) in [5.41, 5.74) is 0. The average Bonchev–Trinajstić information content (AvgIpc) is 2.31. The summed E-state index contributed by atoms with van der Waals surface area (Å²) < 4.78 is 5.41. The number of rotatable bonds is 4. The minimum Gasteiger partial charge on any atom is -0.379 e. The molecule has 0 saturated carbocycles. The summed E-state index contributed by atoms with van der Waals surface area (Å²) in [7, 11) is 0. The topological polar surface area (TPSA) is 59.1 Å². The lowest BCUT2D eigenvalue weighted by Crippen LogP contribution is -2.30. The van der Waals surface area contributed by atoms with Gasteiger partial charge in [0.2, 0.25) is 5.95 Å². The Balaban J connectivity index is 1.94. The van der Waals surface area contributed by atoms with Crippen LogP contribution in [0.5, 0.6) is 0 Å². The molecule has 0 radical (unpaired) electrons. The Bertz CT molecular complexity index is 326. The lowest BCUT2D eigenvalue weighted by atomic mass is 10.1. The zero-order chi connectivity index (χ0) is 11.2. The van der Waals surface area contributed by atoms with E-state index in [1.807, 2.05) is 13.0 Å². The molecule has 0 spiro atoms. The van der Waals surface area contributed by atoms with Crippen LogP contribution in [-0.2, 0) is 4.74 Å². The van der Waals surface area contributed by atoms with Crippen LogP contribution < -0.4 is 10.6 Å². The highest BCUT2D eigenvalue weighted by Crippen LogP contribution is 2.13. The van der Waals surface area contributed by atoms with Crippen LogP contribution in [0.2, 0.25) is 0 Å². The molecular weight excluding hydrogens is 204 g/mol. The van der Waals surface area contributed by atoms with E-state index in [4.69, 9.17) is 4.74 Å². The van der Waals surface area contributed by atoms with Crippen LogP contribution in [0.3, 0.4) is 0 Å². The molecule has 1 aromatic heterocycles. The number of anilines is 2. The third-order valence-corrected chi connectivity index (χ3v) is 2.50. The van der Waals surface area contributed by atoms with E-state index in [1.54, 1.807) is 6.20 Å². The third kappa shape index (κ3) is 3.06. The second-order valence-corrected chi connectivity index (χ2v) is 3.85. The van der Waals surface area contributed by atoms with E-state index in [9.17, 15) is 0 Å². The molecule has 0 aliphatic carbocycles. The van der Waals surface area contributed by atoms with Gasteiger partial charge in [-0.1, -0.05) is 0 Å². The molecule has 2 N–H and O–H groups in total. The van der Waals surface area contributed by atoms with Gasteiger partial charge < -0.3 is 15.4 Å². The van der Waals surface area contributed by atoms with Crippen LogP contribution >= 0.6 is 0 Å². The van der Waals surface area contributed by atoms with Gasteiger partial charge >= 0.3 is 0 Å². The summed E-state index contributed by atoms with van der Waals surface area (Å²) in [6.45, 7) is 4.50. The minimum absolute atomic E-state index is 0.373. The van der Waals surface area contributed by atoms with Crippen molar-refractivity contribution in [2.75, 3.05) is 30.4 Å². The van der Waals surface area contributed by atoms with Gasteiger partial charge in [0.25, 0.3) is 0 Å². The van der Waals surface area contributed by atoms with Crippen molar-refractivity contribution >= 4 is 11.8 Å². The number of aromatic nitrogens is 2. The predicted molar refractivity (Wildman–Crippen MR) is 63.7 cm³/mol. The number of nitrogens with one attached hydrogen (secondary N) is 2. The fourth-order valence-electron chi connectivity index (χ4n) is 1.75. The van der Waals surface area contributed by atoms with Crippen LogP contribution in [0.4, 0.5) is 11.8 Å². The summed E-state index contributed by atoms with van der Waals surface area (Å²) in [6.07, 6.45) is 4.01. The first-order valence-electron chi connectivity index (χ1n) is 5.79. The Morgan fingerprint density at radius 3 is 3.25 bits per heavy atom. The van der Waals surface area contributed by atoms with Gasteiger partial charge in [-0.25, -0.2) is 4.98 Å². The molecule has 1 aliphatic rings. The van der Waals surface area contributed by atoms with Gasteiger partial charge in [-0.15, -0.1) is 0 Å². The highest BCUT2D eigenvalue weighted by Gasteiger charge is 2.13. The van der Waals surface area contributed by atoms with E-state index < -0.39 is 0 Å². The summed E-state index contributed by atoms with van der Waals surface area (Å²) in [5, 5.41) is 6.46. The second kappa shape index (κ2) is 5.65. The molecular formula is C11H18N4O. The normalized spacial score (nSPS) is 20.4. The van der Waals surface area contributed by atoms with E-state index in [1.165, 1.54) is 0 Å². The highest BCUT2D eigenvalue weighted by molar-refractivity contribution is 5.40. The van der Waals surface area contributed by atoms with Crippen molar-refractivity contribution in [3.8, 4) is 0 Å². The van der Waals surface area contributed by atoms with Crippen molar-refractivity contribution in [3.05, 3.63) is 12.3 Å². The molecule has 2 heterocycles. The van der Waals surface area contributed by atoms with Gasteiger partial charge in [0.1, 0.15) is 5.82 Å². The van der Waals surface area contributed by atoms with Crippen molar-refractivity contribution < 1.29 is 4.74 Å². The largest absolute Gasteiger partial charge is 0.379 e. The van der Waals surface area contributed by atoms with Crippen LogP contribution in [0.1, 0.15) is 19.8 Å². The van der Waals surface area contributed by atoms with Crippen LogP contribution in [-0.4, -0.2) is 35.8 Å². The molecule has 1 aromatic rings. The monoisotopic (exact) mass is 222 g/mol. The molecule has 1 fully saturated rings. The molecule has 2 rings (SSSR count). The molecule has 1 aliphatic heterocycles. The fourth-order valence-corrected chi connectivity index (χ4v) is 1.75. The maximum atomic E-state index is 5.41. The first-order chi connectivity index (χ1) is 7.88. The summed E-state index contributed by atoms with van der Waals surface area (Å²) in [4.78, 5) is 8.50. The van der Waals surface area contributed by atoms with Crippen molar-refractivity contribution in [1.82, 2.24) is 9.97 Å². The molecule has 88 valence electrons. The maximum Gasteiger partial charge on any atom is 0.224 e. The standard InChI is InChI=1S/C11H18N4O/c1-2-12-11-13-6-5-10(15-11)14-9-4-3-7-16-8-9/h5-6,9H,2-4,7-8H2,1H3,(H2,12,13,14,15). The molecule has 1 unspecified atom stereocenters. The van der Waals surface area contributed by atoms with E-state index in [-0.39, 0.29) is 0 Å². The Labute approximate surface area is 95.6 Å². The van der Waals surface area contributed by atoms with Crippen LogP contribution in [0.15, 0.2) is 12.3 Å². The number of hydrogen-bond donors (Lipinski definition) is 2. The lowest BCUT2D eigenvalue weighted by Gasteiger charge is -2.23.